The van der Waals surface area contributed by atoms with Gasteiger partial charge in [-0.1, -0.05) is 29.3 Å². The van der Waals surface area contributed by atoms with E-state index in [0.29, 0.717) is 22.6 Å². The molecule has 0 spiro atoms. The van der Waals surface area contributed by atoms with Crippen LogP contribution in [0.15, 0.2) is 48.8 Å². The Morgan fingerprint density at radius 2 is 1.74 bits per heavy atom. The molecule has 4 rings (SSSR count). The molecule has 0 bridgehead atoms. The fourth-order valence-electron chi connectivity index (χ4n) is 3.98. The summed E-state index contributed by atoms with van der Waals surface area (Å²) < 4.78 is 38.9. The van der Waals surface area contributed by atoms with E-state index in [1.54, 1.807) is 18.2 Å². The van der Waals surface area contributed by atoms with Crippen LogP contribution < -0.4 is 14.4 Å². The van der Waals surface area contributed by atoms with Crippen molar-refractivity contribution in [2.45, 2.75) is 38.3 Å². The van der Waals surface area contributed by atoms with Crippen molar-refractivity contribution in [3.63, 3.8) is 0 Å². The lowest BCUT2D eigenvalue weighted by Gasteiger charge is -2.25. The van der Waals surface area contributed by atoms with E-state index in [2.05, 4.69) is 4.98 Å². The highest BCUT2D eigenvalue weighted by Crippen LogP contribution is 2.37. The van der Waals surface area contributed by atoms with Crippen molar-refractivity contribution >= 4 is 34.8 Å². The van der Waals surface area contributed by atoms with E-state index in [1.165, 1.54) is 30.5 Å². The van der Waals surface area contributed by atoms with Crippen molar-refractivity contribution < 1.29 is 23.0 Å². The molecule has 0 saturated heterocycles. The molecule has 5 nitrogen and oxygen atoms in total. The Balaban J connectivity index is 1.73. The molecule has 1 saturated carbocycles. The van der Waals surface area contributed by atoms with Gasteiger partial charge < -0.3 is 14.4 Å². The molecular weight excluding hydrogens is 485 g/mol. The van der Waals surface area contributed by atoms with Gasteiger partial charge in [-0.05, 0) is 61.6 Å². The Labute approximate surface area is 206 Å². The molecule has 1 aromatic heterocycles. The number of methoxy groups -OCH3 is 1. The summed E-state index contributed by atoms with van der Waals surface area (Å²) in [5.74, 6) is -1.49. The Hall–Kier alpha value is -2.90. The third kappa shape index (κ3) is 5.26. The monoisotopic (exact) mass is 506 g/mol. The molecule has 1 heterocycles. The van der Waals surface area contributed by atoms with Crippen molar-refractivity contribution in [3.8, 4) is 11.5 Å². The number of rotatable bonds is 7. The van der Waals surface area contributed by atoms with Crippen molar-refractivity contribution in [1.82, 2.24) is 4.98 Å². The van der Waals surface area contributed by atoms with E-state index < -0.39 is 17.5 Å². The van der Waals surface area contributed by atoms with E-state index in [1.807, 2.05) is 0 Å². The molecule has 1 amide bonds. The maximum atomic E-state index is 13.9. The lowest BCUT2D eigenvalue weighted by molar-refractivity contribution is 0.0984. The Morgan fingerprint density at radius 3 is 2.38 bits per heavy atom. The SMILES string of the molecule is COc1ccc(C(=O)N(Cc2ccc(F)c(F)c2)c2c(Cl)cncc2Cl)cc1OC1CCCC1. The van der Waals surface area contributed by atoms with Gasteiger partial charge in [-0.3, -0.25) is 9.78 Å². The second kappa shape index (κ2) is 10.6. The smallest absolute Gasteiger partial charge is 0.258 e. The molecule has 1 fully saturated rings. The minimum Gasteiger partial charge on any atom is -0.493 e. The fraction of sp³-hybridized carbons (Fsp3) is 0.280. The second-order valence-electron chi connectivity index (χ2n) is 7.98. The van der Waals surface area contributed by atoms with Crippen LogP contribution in [0.5, 0.6) is 11.5 Å². The van der Waals surface area contributed by atoms with Gasteiger partial charge >= 0.3 is 0 Å². The lowest BCUT2D eigenvalue weighted by atomic mass is 10.1. The van der Waals surface area contributed by atoms with Gasteiger partial charge in [-0.2, -0.15) is 0 Å². The zero-order valence-electron chi connectivity index (χ0n) is 18.4. The Kier molecular flexibility index (Phi) is 7.54. The molecule has 0 aliphatic heterocycles. The van der Waals surface area contributed by atoms with Gasteiger partial charge in [0.05, 0.1) is 35.5 Å². The first kappa shape index (κ1) is 24.2. The molecular formula is C25H22Cl2F2N2O3. The van der Waals surface area contributed by atoms with E-state index in [0.717, 1.165) is 37.8 Å². The maximum Gasteiger partial charge on any atom is 0.258 e. The van der Waals surface area contributed by atoms with Gasteiger partial charge in [-0.15, -0.1) is 0 Å². The molecule has 2 aromatic carbocycles. The number of anilines is 1. The Bertz CT molecular complexity index is 1180. The summed E-state index contributed by atoms with van der Waals surface area (Å²) in [5.41, 5.74) is 0.856. The van der Waals surface area contributed by atoms with Gasteiger partial charge in [0, 0.05) is 18.0 Å². The first-order valence-electron chi connectivity index (χ1n) is 10.8. The van der Waals surface area contributed by atoms with E-state index in [-0.39, 0.29) is 28.4 Å². The number of ether oxygens (including phenoxy) is 2. The zero-order chi connectivity index (χ0) is 24.2. The summed E-state index contributed by atoms with van der Waals surface area (Å²) >= 11 is 12.7. The first-order chi connectivity index (χ1) is 16.4. The summed E-state index contributed by atoms with van der Waals surface area (Å²) in [7, 11) is 1.53. The standard InChI is InChI=1S/C25H22Cl2F2N2O3/c1-33-22-9-7-16(11-23(22)34-17-4-2-3-5-17)25(32)31(24-18(26)12-30-13-19(24)27)14-15-6-8-20(28)21(29)10-15/h6-13,17H,2-5,14H2,1H3. The molecule has 3 aromatic rings. The molecule has 34 heavy (non-hydrogen) atoms. The van der Waals surface area contributed by atoms with Gasteiger partial charge in [0.1, 0.15) is 0 Å². The number of carbonyl (C=O) groups is 1. The van der Waals surface area contributed by atoms with Crippen LogP contribution in [0.3, 0.4) is 0 Å². The summed E-state index contributed by atoms with van der Waals surface area (Å²) in [5, 5.41) is 0.277. The van der Waals surface area contributed by atoms with Crippen molar-refractivity contribution in [2.75, 3.05) is 12.0 Å². The zero-order valence-corrected chi connectivity index (χ0v) is 19.9. The fourth-order valence-corrected chi connectivity index (χ4v) is 4.55. The van der Waals surface area contributed by atoms with Crippen LogP contribution in [-0.4, -0.2) is 24.1 Å². The predicted octanol–water partition coefficient (Wildman–Crippen LogP) is 6.84. The number of halogens is 4. The van der Waals surface area contributed by atoms with Gasteiger partial charge in [0.2, 0.25) is 0 Å². The van der Waals surface area contributed by atoms with Gasteiger partial charge in [-0.25, -0.2) is 8.78 Å². The van der Waals surface area contributed by atoms with Crippen molar-refractivity contribution in [2.24, 2.45) is 0 Å². The second-order valence-corrected chi connectivity index (χ2v) is 8.80. The number of benzene rings is 2. The summed E-state index contributed by atoms with van der Waals surface area (Å²) in [4.78, 5) is 19.0. The quantitative estimate of drug-likeness (QED) is 0.351. The maximum absolute atomic E-state index is 13.9. The van der Waals surface area contributed by atoms with Gasteiger partial charge in [0.25, 0.3) is 5.91 Å². The molecule has 0 unspecified atom stereocenters. The average Bonchev–Trinajstić information content (AvgIpc) is 3.33. The normalized spacial score (nSPS) is 13.7. The third-order valence-corrected chi connectivity index (χ3v) is 6.23. The van der Waals surface area contributed by atoms with Crippen LogP contribution in [-0.2, 0) is 6.54 Å². The van der Waals surface area contributed by atoms with E-state index >= 15 is 0 Å². The van der Waals surface area contributed by atoms with E-state index in [9.17, 15) is 13.6 Å². The van der Waals surface area contributed by atoms with Gasteiger partial charge in [0.15, 0.2) is 23.1 Å². The molecule has 1 aliphatic rings. The molecule has 9 heteroatoms. The number of pyridine rings is 1. The minimum absolute atomic E-state index is 0.0571. The highest BCUT2D eigenvalue weighted by atomic mass is 35.5. The number of amides is 1. The van der Waals surface area contributed by atoms with Crippen LogP contribution in [0.2, 0.25) is 10.0 Å². The number of carbonyl (C=O) groups excluding carboxylic acids is 1. The van der Waals surface area contributed by atoms with Crippen LogP contribution >= 0.6 is 23.2 Å². The Morgan fingerprint density at radius 1 is 1.03 bits per heavy atom. The van der Waals surface area contributed by atoms with E-state index in [4.69, 9.17) is 32.7 Å². The highest BCUT2D eigenvalue weighted by Gasteiger charge is 2.26. The highest BCUT2D eigenvalue weighted by molar-refractivity contribution is 6.40. The number of nitrogens with zero attached hydrogens (tertiary/aromatic N) is 2. The average molecular weight is 507 g/mol. The topological polar surface area (TPSA) is 51.7 Å². The first-order valence-corrected chi connectivity index (χ1v) is 11.5. The molecule has 1 aliphatic carbocycles. The van der Waals surface area contributed by atoms with Crippen LogP contribution in [0.25, 0.3) is 0 Å². The van der Waals surface area contributed by atoms with Crippen LogP contribution in [0, 0.1) is 11.6 Å². The molecule has 0 atom stereocenters. The van der Waals surface area contributed by atoms with Crippen molar-refractivity contribution in [3.05, 3.63) is 81.6 Å². The summed E-state index contributed by atoms with van der Waals surface area (Å²) in [6, 6.07) is 8.29. The molecule has 0 N–H and O–H groups in total. The van der Waals surface area contributed by atoms with Crippen LogP contribution in [0.4, 0.5) is 14.5 Å². The number of hydrogen-bond acceptors (Lipinski definition) is 4. The number of hydrogen-bond donors (Lipinski definition) is 0. The summed E-state index contributed by atoms with van der Waals surface area (Å²) in [6.07, 6.45) is 6.83. The third-order valence-electron chi connectivity index (χ3n) is 5.67. The van der Waals surface area contributed by atoms with Crippen molar-refractivity contribution in [1.29, 1.82) is 0 Å². The predicted molar refractivity (Wildman–Crippen MR) is 127 cm³/mol. The molecule has 0 radical (unpaired) electrons. The van der Waals surface area contributed by atoms with Crippen LogP contribution in [0.1, 0.15) is 41.6 Å². The minimum atomic E-state index is -1.02. The molecule has 178 valence electrons. The lowest BCUT2D eigenvalue weighted by Crippen LogP contribution is -2.31. The largest absolute Gasteiger partial charge is 0.493 e. The number of aromatic nitrogens is 1. The summed E-state index contributed by atoms with van der Waals surface area (Å²) in [6.45, 7) is -0.107.